The molecule has 4 nitrogen and oxygen atoms in total. The van der Waals surface area contributed by atoms with E-state index in [-0.39, 0.29) is 11.9 Å². The van der Waals surface area contributed by atoms with Gasteiger partial charge in [-0.2, -0.15) is 0 Å². The number of carbonyl (C=O) groups excluding carboxylic acids is 1. The topological polar surface area (TPSA) is 41.6 Å². The number of nitrogens with one attached hydrogen (secondary N) is 1. The molecule has 2 heterocycles. The molecule has 1 aromatic rings. The molecule has 0 saturated carbocycles. The van der Waals surface area contributed by atoms with Gasteiger partial charge in [-0.05, 0) is 24.5 Å². The fourth-order valence-corrected chi connectivity index (χ4v) is 2.79. The molecule has 2 aliphatic heterocycles. The van der Waals surface area contributed by atoms with E-state index in [1.54, 1.807) is 7.11 Å². The van der Waals surface area contributed by atoms with Crippen molar-refractivity contribution >= 4 is 11.6 Å². The van der Waals surface area contributed by atoms with Crippen molar-refractivity contribution in [2.24, 2.45) is 0 Å². The van der Waals surface area contributed by atoms with Crippen LogP contribution < -0.4 is 15.0 Å². The molecule has 17 heavy (non-hydrogen) atoms. The van der Waals surface area contributed by atoms with Crippen molar-refractivity contribution in [2.75, 3.05) is 25.1 Å². The minimum Gasteiger partial charge on any atom is -0.495 e. The lowest BCUT2D eigenvalue weighted by Gasteiger charge is -2.41. The lowest BCUT2D eigenvalue weighted by molar-refractivity contribution is -0.119. The van der Waals surface area contributed by atoms with E-state index in [0.29, 0.717) is 6.54 Å². The number of para-hydroxylation sites is 1. The van der Waals surface area contributed by atoms with E-state index in [1.165, 1.54) is 5.56 Å². The third-order valence-corrected chi connectivity index (χ3v) is 3.58. The number of anilines is 1. The quantitative estimate of drug-likeness (QED) is 0.783. The number of nitrogens with zero attached hydrogens (tertiary/aromatic N) is 1. The molecule has 1 N–H and O–H groups in total. The molecular weight excluding hydrogens is 216 g/mol. The Hall–Kier alpha value is -1.55. The molecule has 1 unspecified atom stereocenters. The monoisotopic (exact) mass is 232 g/mol. The van der Waals surface area contributed by atoms with Gasteiger partial charge < -0.3 is 15.0 Å². The zero-order valence-corrected chi connectivity index (χ0v) is 9.90. The molecule has 90 valence electrons. The van der Waals surface area contributed by atoms with Gasteiger partial charge in [0.2, 0.25) is 5.91 Å². The lowest BCUT2D eigenvalue weighted by atomic mass is 9.93. The van der Waals surface area contributed by atoms with Crippen molar-refractivity contribution in [1.29, 1.82) is 0 Å². The number of ether oxygens (including phenoxy) is 1. The third kappa shape index (κ3) is 1.60. The Balaban J connectivity index is 2.11. The number of benzene rings is 1. The normalized spacial score (nSPS) is 23.0. The summed E-state index contributed by atoms with van der Waals surface area (Å²) in [6.45, 7) is 1.30. The van der Waals surface area contributed by atoms with Crippen LogP contribution in [0.2, 0.25) is 0 Å². The summed E-state index contributed by atoms with van der Waals surface area (Å²) in [4.78, 5) is 14.0. The highest BCUT2D eigenvalue weighted by Crippen LogP contribution is 2.39. The van der Waals surface area contributed by atoms with Crippen LogP contribution in [0, 0.1) is 0 Å². The summed E-state index contributed by atoms with van der Waals surface area (Å²) >= 11 is 0. The first-order chi connectivity index (χ1) is 8.31. The van der Waals surface area contributed by atoms with Gasteiger partial charge in [0.1, 0.15) is 5.75 Å². The number of amides is 1. The molecule has 0 aromatic heterocycles. The van der Waals surface area contributed by atoms with Crippen LogP contribution in [0.5, 0.6) is 5.75 Å². The molecule has 0 radical (unpaired) electrons. The van der Waals surface area contributed by atoms with Crippen molar-refractivity contribution in [3.05, 3.63) is 23.8 Å². The maximum absolute atomic E-state index is 12.1. The van der Waals surface area contributed by atoms with E-state index < -0.39 is 0 Å². The summed E-state index contributed by atoms with van der Waals surface area (Å²) in [5.74, 6) is 0.953. The molecule has 3 rings (SSSR count). The van der Waals surface area contributed by atoms with Crippen molar-refractivity contribution in [2.45, 2.75) is 18.9 Å². The van der Waals surface area contributed by atoms with E-state index in [0.717, 1.165) is 30.8 Å². The largest absolute Gasteiger partial charge is 0.495 e. The van der Waals surface area contributed by atoms with Crippen LogP contribution in [-0.2, 0) is 11.2 Å². The molecule has 1 saturated heterocycles. The number of hydrogen-bond donors (Lipinski definition) is 1. The maximum Gasteiger partial charge on any atom is 0.241 e. The summed E-state index contributed by atoms with van der Waals surface area (Å²) in [6.07, 6.45) is 2.04. The molecule has 1 aromatic carbocycles. The van der Waals surface area contributed by atoms with E-state index in [4.69, 9.17) is 4.74 Å². The van der Waals surface area contributed by atoms with Crippen LogP contribution in [0.3, 0.4) is 0 Å². The third-order valence-electron chi connectivity index (χ3n) is 3.58. The van der Waals surface area contributed by atoms with Crippen molar-refractivity contribution in [3.8, 4) is 5.75 Å². The summed E-state index contributed by atoms with van der Waals surface area (Å²) < 4.78 is 5.40. The van der Waals surface area contributed by atoms with Gasteiger partial charge in [-0.1, -0.05) is 12.1 Å². The predicted molar refractivity (Wildman–Crippen MR) is 65.5 cm³/mol. The highest BCUT2D eigenvalue weighted by atomic mass is 16.5. The number of fused-ring (bicyclic) bond motifs is 3. The van der Waals surface area contributed by atoms with Gasteiger partial charge in [0.05, 0.1) is 19.3 Å². The zero-order valence-electron chi connectivity index (χ0n) is 9.90. The Morgan fingerprint density at radius 1 is 1.47 bits per heavy atom. The number of methoxy groups -OCH3 is 1. The molecule has 1 amide bonds. The van der Waals surface area contributed by atoms with Gasteiger partial charge in [0, 0.05) is 12.6 Å². The number of aryl methyl sites for hydroxylation is 1. The van der Waals surface area contributed by atoms with E-state index in [2.05, 4.69) is 11.4 Å². The standard InChI is InChI=1S/C13H16N2O2/c1-17-11-4-2-3-9-5-6-10-7-14-8-12(16)15(10)13(9)11/h2-4,10,14H,5-8H2,1H3. The van der Waals surface area contributed by atoms with Crippen LogP contribution in [0.15, 0.2) is 18.2 Å². The fourth-order valence-electron chi connectivity index (χ4n) is 2.79. The Morgan fingerprint density at radius 3 is 3.18 bits per heavy atom. The Labute approximate surface area is 101 Å². The molecule has 4 heteroatoms. The minimum absolute atomic E-state index is 0.145. The predicted octanol–water partition coefficient (Wildman–Crippen LogP) is 0.946. The number of piperazine rings is 1. The van der Waals surface area contributed by atoms with Gasteiger partial charge in [0.25, 0.3) is 0 Å². The van der Waals surface area contributed by atoms with E-state index in [1.807, 2.05) is 17.0 Å². The van der Waals surface area contributed by atoms with Crippen molar-refractivity contribution in [1.82, 2.24) is 5.32 Å². The molecule has 0 bridgehead atoms. The van der Waals surface area contributed by atoms with Crippen LogP contribution >= 0.6 is 0 Å². The summed E-state index contributed by atoms with van der Waals surface area (Å²) in [5.41, 5.74) is 2.20. The Bertz CT molecular complexity index is 444. The first-order valence-electron chi connectivity index (χ1n) is 6.00. The summed E-state index contributed by atoms with van der Waals surface area (Å²) in [7, 11) is 1.66. The number of rotatable bonds is 1. The Kier molecular flexibility index (Phi) is 2.52. The van der Waals surface area contributed by atoms with Gasteiger partial charge in [0.15, 0.2) is 0 Å². The highest BCUT2D eigenvalue weighted by Gasteiger charge is 2.35. The van der Waals surface area contributed by atoms with Crippen LogP contribution in [0.1, 0.15) is 12.0 Å². The van der Waals surface area contributed by atoms with E-state index in [9.17, 15) is 4.79 Å². The minimum atomic E-state index is 0.145. The summed E-state index contributed by atoms with van der Waals surface area (Å²) in [6, 6.07) is 6.28. The fraction of sp³-hybridized carbons (Fsp3) is 0.462. The second-order valence-electron chi connectivity index (χ2n) is 4.56. The smallest absolute Gasteiger partial charge is 0.241 e. The average Bonchev–Trinajstić information content (AvgIpc) is 2.38. The first-order valence-corrected chi connectivity index (χ1v) is 6.00. The van der Waals surface area contributed by atoms with Gasteiger partial charge in [-0.3, -0.25) is 4.79 Å². The lowest BCUT2D eigenvalue weighted by Crippen LogP contribution is -2.56. The van der Waals surface area contributed by atoms with E-state index >= 15 is 0 Å². The summed E-state index contributed by atoms with van der Waals surface area (Å²) in [5, 5.41) is 3.17. The Morgan fingerprint density at radius 2 is 2.35 bits per heavy atom. The zero-order chi connectivity index (χ0) is 11.8. The average molecular weight is 232 g/mol. The van der Waals surface area contributed by atoms with Gasteiger partial charge in [-0.15, -0.1) is 0 Å². The van der Waals surface area contributed by atoms with Gasteiger partial charge in [-0.25, -0.2) is 0 Å². The first kappa shape index (κ1) is 10.6. The maximum atomic E-state index is 12.1. The second-order valence-corrected chi connectivity index (χ2v) is 4.56. The molecule has 2 aliphatic rings. The second kappa shape index (κ2) is 4.04. The molecule has 1 fully saturated rings. The number of carbonyl (C=O) groups is 1. The number of hydrogen-bond acceptors (Lipinski definition) is 3. The highest BCUT2D eigenvalue weighted by molar-refractivity contribution is 5.99. The SMILES string of the molecule is COc1cccc2c1N1C(=O)CNCC1CC2. The molecule has 0 aliphatic carbocycles. The van der Waals surface area contributed by atoms with Crippen LogP contribution in [-0.4, -0.2) is 32.1 Å². The van der Waals surface area contributed by atoms with Crippen molar-refractivity contribution < 1.29 is 9.53 Å². The van der Waals surface area contributed by atoms with Crippen LogP contribution in [0.4, 0.5) is 5.69 Å². The molecule has 1 atom stereocenters. The molecular formula is C13H16N2O2. The van der Waals surface area contributed by atoms with Gasteiger partial charge >= 0.3 is 0 Å². The van der Waals surface area contributed by atoms with Crippen molar-refractivity contribution in [3.63, 3.8) is 0 Å². The van der Waals surface area contributed by atoms with Crippen LogP contribution in [0.25, 0.3) is 0 Å². The molecule has 0 spiro atoms.